The van der Waals surface area contributed by atoms with Gasteiger partial charge in [-0.05, 0) is 18.2 Å². The molecule has 2 N–H and O–H groups in total. The molecule has 0 spiro atoms. The van der Waals surface area contributed by atoms with E-state index in [1.54, 1.807) is 25.2 Å². The Bertz CT molecular complexity index is 619. The summed E-state index contributed by atoms with van der Waals surface area (Å²) in [6, 6.07) is 9.80. The summed E-state index contributed by atoms with van der Waals surface area (Å²) in [7, 11) is 1.65. The number of nitrogens with two attached hydrogens (primary N) is 1. The number of halogens is 1. The molecule has 0 aliphatic rings. The Morgan fingerprint density at radius 1 is 1.33 bits per heavy atom. The van der Waals surface area contributed by atoms with Crippen molar-refractivity contribution in [1.82, 2.24) is 4.98 Å². The SMILES string of the molecule is CN(c1ccccc1F)c1nccc(C#N)c1N. The lowest BCUT2D eigenvalue weighted by atomic mass is 10.2. The first-order valence-electron chi connectivity index (χ1n) is 5.28. The lowest BCUT2D eigenvalue weighted by Crippen LogP contribution is -2.15. The Balaban J connectivity index is 2.51. The second-order valence-corrected chi connectivity index (χ2v) is 3.72. The molecular formula is C13H11FN4. The zero-order valence-electron chi connectivity index (χ0n) is 9.76. The van der Waals surface area contributed by atoms with E-state index in [2.05, 4.69) is 4.98 Å². The minimum Gasteiger partial charge on any atom is -0.395 e. The topological polar surface area (TPSA) is 65.9 Å². The first kappa shape index (κ1) is 11.9. The number of aromatic nitrogens is 1. The largest absolute Gasteiger partial charge is 0.395 e. The Labute approximate surface area is 104 Å². The quantitative estimate of drug-likeness (QED) is 0.878. The zero-order chi connectivity index (χ0) is 13.1. The van der Waals surface area contributed by atoms with E-state index in [0.717, 1.165) is 0 Å². The van der Waals surface area contributed by atoms with Crippen molar-refractivity contribution >= 4 is 17.2 Å². The van der Waals surface area contributed by atoms with Gasteiger partial charge in [0, 0.05) is 13.2 Å². The van der Waals surface area contributed by atoms with E-state index < -0.39 is 0 Å². The predicted molar refractivity (Wildman–Crippen MR) is 67.8 cm³/mol. The van der Waals surface area contributed by atoms with Crippen LogP contribution in [0.25, 0.3) is 0 Å². The van der Waals surface area contributed by atoms with Crippen molar-refractivity contribution < 1.29 is 4.39 Å². The summed E-state index contributed by atoms with van der Waals surface area (Å²) >= 11 is 0. The number of hydrogen-bond donors (Lipinski definition) is 1. The van der Waals surface area contributed by atoms with Crippen LogP contribution in [0, 0.1) is 17.1 Å². The van der Waals surface area contributed by atoms with Gasteiger partial charge in [0.15, 0.2) is 5.82 Å². The molecule has 0 bridgehead atoms. The van der Waals surface area contributed by atoms with Gasteiger partial charge in [-0.3, -0.25) is 0 Å². The molecule has 0 saturated carbocycles. The van der Waals surface area contributed by atoms with Crippen LogP contribution < -0.4 is 10.6 Å². The van der Waals surface area contributed by atoms with Crippen molar-refractivity contribution in [2.45, 2.75) is 0 Å². The molecule has 0 amide bonds. The maximum absolute atomic E-state index is 13.7. The Hall–Kier alpha value is -2.61. The molecule has 5 heteroatoms. The van der Waals surface area contributed by atoms with Crippen LogP contribution >= 0.6 is 0 Å². The molecule has 0 unspecified atom stereocenters. The van der Waals surface area contributed by atoms with E-state index in [1.165, 1.54) is 23.2 Å². The number of nitriles is 1. The van der Waals surface area contributed by atoms with E-state index in [1.807, 2.05) is 6.07 Å². The highest BCUT2D eigenvalue weighted by molar-refractivity contribution is 5.75. The normalized spacial score (nSPS) is 9.83. The second kappa shape index (κ2) is 4.72. The number of nitrogens with zero attached hydrogens (tertiary/aromatic N) is 3. The van der Waals surface area contributed by atoms with Crippen LogP contribution in [-0.4, -0.2) is 12.0 Å². The van der Waals surface area contributed by atoms with Crippen LogP contribution in [0.2, 0.25) is 0 Å². The smallest absolute Gasteiger partial charge is 0.157 e. The monoisotopic (exact) mass is 242 g/mol. The van der Waals surface area contributed by atoms with Gasteiger partial charge < -0.3 is 10.6 Å². The molecule has 1 heterocycles. The second-order valence-electron chi connectivity index (χ2n) is 3.72. The molecule has 0 aliphatic carbocycles. The van der Waals surface area contributed by atoms with Gasteiger partial charge in [-0.15, -0.1) is 0 Å². The molecule has 4 nitrogen and oxygen atoms in total. The third kappa shape index (κ3) is 1.96. The average Bonchev–Trinajstić information content (AvgIpc) is 2.39. The first-order chi connectivity index (χ1) is 8.65. The summed E-state index contributed by atoms with van der Waals surface area (Å²) in [5, 5.41) is 8.90. The lowest BCUT2D eigenvalue weighted by Gasteiger charge is -2.20. The lowest BCUT2D eigenvalue weighted by molar-refractivity contribution is 0.627. The van der Waals surface area contributed by atoms with Crippen molar-refractivity contribution in [2.24, 2.45) is 0 Å². The fraction of sp³-hybridized carbons (Fsp3) is 0.0769. The highest BCUT2D eigenvalue weighted by atomic mass is 19.1. The predicted octanol–water partition coefficient (Wildman–Crippen LogP) is 2.44. The van der Waals surface area contributed by atoms with Crippen molar-refractivity contribution in [2.75, 3.05) is 17.7 Å². The van der Waals surface area contributed by atoms with Crippen LogP contribution in [0.4, 0.5) is 21.6 Å². The number of hydrogen-bond acceptors (Lipinski definition) is 4. The summed E-state index contributed by atoms with van der Waals surface area (Å²) < 4.78 is 13.7. The molecule has 0 saturated heterocycles. The van der Waals surface area contributed by atoms with Crippen LogP contribution in [0.5, 0.6) is 0 Å². The third-order valence-corrected chi connectivity index (χ3v) is 2.62. The van der Waals surface area contributed by atoms with Crippen molar-refractivity contribution in [3.8, 4) is 6.07 Å². The molecule has 0 atom stereocenters. The summed E-state index contributed by atoms with van der Waals surface area (Å²) in [6.07, 6.45) is 1.47. The van der Waals surface area contributed by atoms with Crippen molar-refractivity contribution in [1.29, 1.82) is 5.26 Å². The van der Waals surface area contributed by atoms with Gasteiger partial charge in [-0.1, -0.05) is 12.1 Å². The summed E-state index contributed by atoms with van der Waals surface area (Å²) in [4.78, 5) is 5.61. The first-order valence-corrected chi connectivity index (χ1v) is 5.28. The van der Waals surface area contributed by atoms with E-state index in [4.69, 9.17) is 11.0 Å². The number of pyridine rings is 1. The summed E-state index contributed by atoms with van der Waals surface area (Å²) in [5.41, 5.74) is 6.75. The minimum absolute atomic E-state index is 0.241. The van der Waals surface area contributed by atoms with Crippen molar-refractivity contribution in [3.63, 3.8) is 0 Å². The third-order valence-electron chi connectivity index (χ3n) is 2.62. The van der Waals surface area contributed by atoms with Gasteiger partial charge in [0.25, 0.3) is 0 Å². The Kier molecular flexibility index (Phi) is 3.11. The molecule has 0 fully saturated rings. The Morgan fingerprint density at radius 2 is 2.06 bits per heavy atom. The number of benzene rings is 1. The molecule has 0 radical (unpaired) electrons. The van der Waals surface area contributed by atoms with Gasteiger partial charge in [0.2, 0.25) is 0 Å². The van der Waals surface area contributed by atoms with Gasteiger partial charge in [-0.2, -0.15) is 5.26 Å². The molecule has 2 aromatic rings. The molecule has 2 rings (SSSR count). The van der Waals surface area contributed by atoms with Crippen LogP contribution in [-0.2, 0) is 0 Å². The molecule has 1 aromatic heterocycles. The molecular weight excluding hydrogens is 231 g/mol. The molecule has 0 aliphatic heterocycles. The van der Waals surface area contributed by atoms with Gasteiger partial charge in [-0.25, -0.2) is 9.37 Å². The van der Waals surface area contributed by atoms with Gasteiger partial charge in [0.05, 0.1) is 16.9 Å². The number of rotatable bonds is 2. The molecule has 1 aromatic carbocycles. The van der Waals surface area contributed by atoms with E-state index in [9.17, 15) is 4.39 Å². The summed E-state index contributed by atoms with van der Waals surface area (Å²) in [5.74, 6) is -0.0114. The number of anilines is 3. The highest BCUT2D eigenvalue weighted by Crippen LogP contribution is 2.29. The van der Waals surface area contributed by atoms with Crippen LogP contribution in [0.3, 0.4) is 0 Å². The zero-order valence-corrected chi connectivity index (χ0v) is 9.76. The maximum Gasteiger partial charge on any atom is 0.157 e. The summed E-state index contributed by atoms with van der Waals surface area (Å²) in [6.45, 7) is 0. The van der Waals surface area contributed by atoms with E-state index in [-0.39, 0.29) is 11.5 Å². The van der Waals surface area contributed by atoms with Gasteiger partial charge in [0.1, 0.15) is 11.9 Å². The molecule has 18 heavy (non-hydrogen) atoms. The number of para-hydroxylation sites is 1. The fourth-order valence-corrected chi connectivity index (χ4v) is 1.66. The maximum atomic E-state index is 13.7. The van der Waals surface area contributed by atoms with Crippen molar-refractivity contribution in [3.05, 3.63) is 47.9 Å². The standard InChI is InChI=1S/C13H11FN4/c1-18(11-5-3-2-4-10(11)14)13-12(16)9(8-15)6-7-17-13/h2-7H,16H2,1H3. The number of nitrogen functional groups attached to an aromatic ring is 1. The highest BCUT2D eigenvalue weighted by Gasteiger charge is 2.14. The average molecular weight is 242 g/mol. The fourth-order valence-electron chi connectivity index (χ4n) is 1.66. The van der Waals surface area contributed by atoms with E-state index in [0.29, 0.717) is 17.1 Å². The molecule has 90 valence electrons. The Morgan fingerprint density at radius 3 is 2.72 bits per heavy atom. The van der Waals surface area contributed by atoms with Crippen LogP contribution in [0.15, 0.2) is 36.5 Å². The minimum atomic E-state index is -0.372. The van der Waals surface area contributed by atoms with Crippen LogP contribution in [0.1, 0.15) is 5.56 Å². The van der Waals surface area contributed by atoms with Gasteiger partial charge >= 0.3 is 0 Å². The van der Waals surface area contributed by atoms with E-state index >= 15 is 0 Å².